The van der Waals surface area contributed by atoms with Crippen LogP contribution in [0.4, 0.5) is 5.69 Å². The van der Waals surface area contributed by atoms with Crippen molar-refractivity contribution in [1.82, 2.24) is 0 Å². The Labute approximate surface area is 95.6 Å². The fraction of sp³-hybridized carbons (Fsp3) is 0.462. The van der Waals surface area contributed by atoms with Crippen LogP contribution in [0.1, 0.15) is 42.6 Å². The van der Waals surface area contributed by atoms with Crippen molar-refractivity contribution in [2.45, 2.75) is 39.2 Å². The molecule has 1 saturated carbocycles. The lowest BCUT2D eigenvalue weighted by Gasteiger charge is -2.12. The smallest absolute Gasteiger partial charge is 0.162 e. The first-order valence-electron chi connectivity index (χ1n) is 5.71. The van der Waals surface area contributed by atoms with E-state index in [1.807, 2.05) is 6.07 Å². The largest absolute Gasteiger partial charge is 0.490 e. The standard InChI is InChI=1S/C13H17NO2/c1-3-9-6-12(14)11(8(2)15)7-13(9)16-10-4-5-10/h6-7,10H,3-5,14H2,1-2H3. The summed E-state index contributed by atoms with van der Waals surface area (Å²) in [6.45, 7) is 3.58. The Hall–Kier alpha value is -1.51. The van der Waals surface area contributed by atoms with Crippen LogP contribution in [0.15, 0.2) is 12.1 Å². The molecule has 0 spiro atoms. The van der Waals surface area contributed by atoms with Gasteiger partial charge in [0.1, 0.15) is 5.75 Å². The minimum absolute atomic E-state index is 0.0131. The highest BCUT2D eigenvalue weighted by atomic mass is 16.5. The van der Waals surface area contributed by atoms with E-state index in [1.54, 1.807) is 6.07 Å². The topological polar surface area (TPSA) is 52.3 Å². The van der Waals surface area contributed by atoms with Crippen LogP contribution in [-0.4, -0.2) is 11.9 Å². The van der Waals surface area contributed by atoms with E-state index in [-0.39, 0.29) is 5.78 Å². The van der Waals surface area contributed by atoms with Gasteiger partial charge in [-0.15, -0.1) is 0 Å². The monoisotopic (exact) mass is 219 g/mol. The maximum absolute atomic E-state index is 11.4. The lowest BCUT2D eigenvalue weighted by atomic mass is 10.0. The van der Waals surface area contributed by atoms with Crippen molar-refractivity contribution in [1.29, 1.82) is 0 Å². The Morgan fingerprint density at radius 3 is 2.69 bits per heavy atom. The number of hydrogen-bond acceptors (Lipinski definition) is 3. The fourth-order valence-corrected chi connectivity index (χ4v) is 1.70. The Morgan fingerprint density at radius 1 is 1.50 bits per heavy atom. The number of nitrogen functional groups attached to an aromatic ring is 1. The second kappa shape index (κ2) is 4.16. The number of rotatable bonds is 4. The molecule has 16 heavy (non-hydrogen) atoms. The summed E-state index contributed by atoms with van der Waals surface area (Å²) < 4.78 is 5.79. The van der Waals surface area contributed by atoms with Crippen LogP contribution in [0.5, 0.6) is 5.75 Å². The summed E-state index contributed by atoms with van der Waals surface area (Å²) in [5, 5.41) is 0. The Kier molecular flexibility index (Phi) is 2.86. The summed E-state index contributed by atoms with van der Waals surface area (Å²) in [6, 6.07) is 3.64. The molecular weight excluding hydrogens is 202 g/mol. The zero-order chi connectivity index (χ0) is 11.7. The van der Waals surface area contributed by atoms with E-state index < -0.39 is 0 Å². The van der Waals surface area contributed by atoms with Gasteiger partial charge < -0.3 is 10.5 Å². The molecule has 1 aliphatic rings. The zero-order valence-electron chi connectivity index (χ0n) is 9.75. The van der Waals surface area contributed by atoms with Gasteiger partial charge in [0, 0.05) is 11.3 Å². The number of carbonyl (C=O) groups is 1. The Morgan fingerprint density at radius 2 is 2.19 bits per heavy atom. The number of carbonyl (C=O) groups excluding carboxylic acids is 1. The summed E-state index contributed by atoms with van der Waals surface area (Å²) in [7, 11) is 0. The molecule has 0 aromatic heterocycles. The lowest BCUT2D eigenvalue weighted by Crippen LogP contribution is -2.05. The molecule has 0 bridgehead atoms. The molecule has 3 nitrogen and oxygen atoms in total. The van der Waals surface area contributed by atoms with Crippen molar-refractivity contribution in [3.8, 4) is 5.75 Å². The third-order valence-corrected chi connectivity index (χ3v) is 2.81. The molecule has 1 aliphatic carbocycles. The highest BCUT2D eigenvalue weighted by molar-refractivity contribution is 5.99. The summed E-state index contributed by atoms with van der Waals surface area (Å²) in [4.78, 5) is 11.4. The highest BCUT2D eigenvalue weighted by Crippen LogP contribution is 2.32. The van der Waals surface area contributed by atoms with Gasteiger partial charge >= 0.3 is 0 Å². The van der Waals surface area contributed by atoms with Crippen LogP contribution in [-0.2, 0) is 6.42 Å². The van der Waals surface area contributed by atoms with Crippen molar-refractivity contribution < 1.29 is 9.53 Å². The molecule has 86 valence electrons. The van der Waals surface area contributed by atoms with Crippen molar-refractivity contribution in [2.24, 2.45) is 0 Å². The second-order valence-corrected chi connectivity index (χ2v) is 4.27. The molecule has 0 atom stereocenters. The first-order chi connectivity index (χ1) is 7.61. The Balaban J connectivity index is 2.38. The van der Waals surface area contributed by atoms with Crippen molar-refractivity contribution in [3.63, 3.8) is 0 Å². The minimum atomic E-state index is -0.0131. The molecule has 0 aliphatic heterocycles. The van der Waals surface area contributed by atoms with E-state index in [2.05, 4.69) is 6.92 Å². The van der Waals surface area contributed by atoms with Crippen molar-refractivity contribution >= 4 is 11.5 Å². The Bertz CT molecular complexity index is 422. The van der Waals surface area contributed by atoms with E-state index in [9.17, 15) is 4.79 Å². The average Bonchev–Trinajstić information content (AvgIpc) is 3.03. The maximum Gasteiger partial charge on any atom is 0.162 e. The predicted octanol–water partition coefficient (Wildman–Crippen LogP) is 2.58. The van der Waals surface area contributed by atoms with E-state index in [0.29, 0.717) is 17.4 Å². The molecule has 3 heteroatoms. The molecule has 1 aromatic carbocycles. The molecule has 1 aromatic rings. The van der Waals surface area contributed by atoms with Crippen LogP contribution in [0.3, 0.4) is 0 Å². The number of anilines is 1. The van der Waals surface area contributed by atoms with Gasteiger partial charge in [-0.1, -0.05) is 6.92 Å². The number of ketones is 1. The summed E-state index contributed by atoms with van der Waals surface area (Å²) in [6.07, 6.45) is 3.43. The van der Waals surface area contributed by atoms with Crippen LogP contribution < -0.4 is 10.5 Å². The van der Waals surface area contributed by atoms with Gasteiger partial charge in [-0.2, -0.15) is 0 Å². The van der Waals surface area contributed by atoms with Gasteiger partial charge in [0.2, 0.25) is 0 Å². The molecule has 0 amide bonds. The first kappa shape index (κ1) is 11.0. The van der Waals surface area contributed by atoms with E-state index >= 15 is 0 Å². The number of Topliss-reactive ketones (excluding diaryl/α,β-unsaturated/α-hetero) is 1. The maximum atomic E-state index is 11.4. The van der Waals surface area contributed by atoms with Crippen molar-refractivity contribution in [3.05, 3.63) is 23.3 Å². The molecule has 2 rings (SSSR count). The van der Waals surface area contributed by atoms with E-state index in [4.69, 9.17) is 10.5 Å². The average molecular weight is 219 g/mol. The van der Waals surface area contributed by atoms with Crippen LogP contribution >= 0.6 is 0 Å². The lowest BCUT2D eigenvalue weighted by molar-refractivity contribution is 0.101. The first-order valence-corrected chi connectivity index (χ1v) is 5.71. The van der Waals surface area contributed by atoms with E-state index in [0.717, 1.165) is 30.6 Å². The summed E-state index contributed by atoms with van der Waals surface area (Å²) >= 11 is 0. The minimum Gasteiger partial charge on any atom is -0.490 e. The number of aryl methyl sites for hydroxylation is 1. The van der Waals surface area contributed by atoms with Crippen molar-refractivity contribution in [2.75, 3.05) is 5.73 Å². The van der Waals surface area contributed by atoms with Gasteiger partial charge in [-0.3, -0.25) is 4.79 Å². The molecule has 1 fully saturated rings. The summed E-state index contributed by atoms with van der Waals surface area (Å²) in [5.41, 5.74) is 8.03. The normalized spacial score (nSPS) is 14.9. The number of hydrogen-bond donors (Lipinski definition) is 1. The van der Waals surface area contributed by atoms with Crippen LogP contribution in [0.2, 0.25) is 0 Å². The number of benzene rings is 1. The SMILES string of the molecule is CCc1cc(N)c(C(C)=O)cc1OC1CC1. The van der Waals surface area contributed by atoms with Crippen LogP contribution in [0.25, 0.3) is 0 Å². The second-order valence-electron chi connectivity index (χ2n) is 4.27. The van der Waals surface area contributed by atoms with Gasteiger partial charge in [0.15, 0.2) is 5.78 Å². The number of nitrogens with two attached hydrogens (primary N) is 1. The quantitative estimate of drug-likeness (QED) is 0.625. The third kappa shape index (κ3) is 2.18. The predicted molar refractivity (Wildman–Crippen MR) is 63.9 cm³/mol. The highest BCUT2D eigenvalue weighted by Gasteiger charge is 2.25. The van der Waals surface area contributed by atoms with Gasteiger partial charge in [0.05, 0.1) is 6.10 Å². The molecule has 0 radical (unpaired) electrons. The van der Waals surface area contributed by atoms with Gasteiger partial charge in [-0.05, 0) is 43.9 Å². The van der Waals surface area contributed by atoms with Gasteiger partial charge in [-0.25, -0.2) is 0 Å². The molecular formula is C13H17NO2. The molecule has 0 saturated heterocycles. The molecule has 2 N–H and O–H groups in total. The van der Waals surface area contributed by atoms with Gasteiger partial charge in [0.25, 0.3) is 0 Å². The fourth-order valence-electron chi connectivity index (χ4n) is 1.70. The number of ether oxygens (including phenoxy) is 1. The third-order valence-electron chi connectivity index (χ3n) is 2.81. The molecule has 0 unspecified atom stereocenters. The molecule has 0 heterocycles. The van der Waals surface area contributed by atoms with Crippen LogP contribution in [0, 0.1) is 0 Å². The summed E-state index contributed by atoms with van der Waals surface area (Å²) in [5.74, 6) is 0.810. The van der Waals surface area contributed by atoms with E-state index in [1.165, 1.54) is 6.92 Å². The zero-order valence-corrected chi connectivity index (χ0v) is 9.75.